The Balaban J connectivity index is 1.97. The number of hydrogen-bond acceptors (Lipinski definition) is 3. The van der Waals surface area contributed by atoms with Gasteiger partial charge in [0, 0.05) is 17.3 Å². The SMILES string of the molecule is Cc1cc(N)ccc1C(=O)NC(C)C(=O)NC1CC1. The summed E-state index contributed by atoms with van der Waals surface area (Å²) in [5, 5.41) is 5.56. The van der Waals surface area contributed by atoms with Gasteiger partial charge < -0.3 is 16.4 Å². The van der Waals surface area contributed by atoms with E-state index in [1.165, 1.54) is 0 Å². The van der Waals surface area contributed by atoms with E-state index in [1.807, 2.05) is 6.92 Å². The molecule has 1 aromatic rings. The van der Waals surface area contributed by atoms with Crippen molar-refractivity contribution in [3.05, 3.63) is 29.3 Å². The summed E-state index contributed by atoms with van der Waals surface area (Å²) in [4.78, 5) is 23.8. The van der Waals surface area contributed by atoms with Crippen LogP contribution in [0.1, 0.15) is 35.7 Å². The maximum Gasteiger partial charge on any atom is 0.252 e. The summed E-state index contributed by atoms with van der Waals surface area (Å²) in [7, 11) is 0. The number of amides is 2. The Hall–Kier alpha value is -2.04. The van der Waals surface area contributed by atoms with E-state index in [0.717, 1.165) is 18.4 Å². The summed E-state index contributed by atoms with van der Waals surface area (Å²) in [6.45, 7) is 3.50. The lowest BCUT2D eigenvalue weighted by atomic mass is 10.1. The van der Waals surface area contributed by atoms with Gasteiger partial charge >= 0.3 is 0 Å². The number of rotatable bonds is 4. The van der Waals surface area contributed by atoms with Crippen LogP contribution in [0.25, 0.3) is 0 Å². The number of benzene rings is 1. The highest BCUT2D eigenvalue weighted by Crippen LogP contribution is 2.18. The Bertz CT molecular complexity index is 509. The fourth-order valence-electron chi connectivity index (χ4n) is 1.84. The maximum atomic E-state index is 12.1. The van der Waals surface area contributed by atoms with Crippen LogP contribution in [-0.2, 0) is 4.79 Å². The summed E-state index contributed by atoms with van der Waals surface area (Å²) < 4.78 is 0. The molecule has 0 heterocycles. The van der Waals surface area contributed by atoms with E-state index < -0.39 is 6.04 Å². The molecule has 0 aromatic heterocycles. The van der Waals surface area contributed by atoms with Gasteiger partial charge in [0.2, 0.25) is 5.91 Å². The van der Waals surface area contributed by atoms with Gasteiger partial charge in [0.05, 0.1) is 0 Å². The van der Waals surface area contributed by atoms with Gasteiger partial charge in [-0.1, -0.05) is 0 Å². The number of hydrogen-bond donors (Lipinski definition) is 3. The summed E-state index contributed by atoms with van der Waals surface area (Å²) in [6, 6.07) is 4.85. The number of nitrogens with one attached hydrogen (secondary N) is 2. The van der Waals surface area contributed by atoms with Gasteiger partial charge in [-0.3, -0.25) is 9.59 Å². The second-order valence-corrected chi connectivity index (χ2v) is 5.05. The number of anilines is 1. The van der Waals surface area contributed by atoms with Crippen molar-refractivity contribution < 1.29 is 9.59 Å². The predicted molar refractivity (Wildman–Crippen MR) is 73.7 cm³/mol. The van der Waals surface area contributed by atoms with E-state index in [1.54, 1.807) is 25.1 Å². The van der Waals surface area contributed by atoms with Crippen molar-refractivity contribution in [1.82, 2.24) is 10.6 Å². The number of nitrogens with two attached hydrogens (primary N) is 1. The third-order valence-corrected chi connectivity index (χ3v) is 3.16. The lowest BCUT2D eigenvalue weighted by Gasteiger charge is -2.15. The molecule has 1 atom stereocenters. The van der Waals surface area contributed by atoms with E-state index in [0.29, 0.717) is 17.3 Å². The maximum absolute atomic E-state index is 12.1. The largest absolute Gasteiger partial charge is 0.399 e. The lowest BCUT2D eigenvalue weighted by Crippen LogP contribution is -2.45. The van der Waals surface area contributed by atoms with Gasteiger partial charge in [0.25, 0.3) is 5.91 Å². The molecule has 0 radical (unpaired) electrons. The van der Waals surface area contributed by atoms with Crippen LogP contribution in [0.2, 0.25) is 0 Å². The molecule has 5 nitrogen and oxygen atoms in total. The summed E-state index contributed by atoms with van der Waals surface area (Å²) >= 11 is 0. The zero-order chi connectivity index (χ0) is 14.0. The molecule has 1 fully saturated rings. The van der Waals surface area contributed by atoms with Crippen LogP contribution < -0.4 is 16.4 Å². The second-order valence-electron chi connectivity index (χ2n) is 5.05. The van der Waals surface area contributed by atoms with E-state index in [4.69, 9.17) is 5.73 Å². The Morgan fingerprint density at radius 3 is 2.63 bits per heavy atom. The van der Waals surface area contributed by atoms with Gasteiger partial charge in [0.1, 0.15) is 6.04 Å². The molecule has 5 heteroatoms. The molecule has 0 bridgehead atoms. The smallest absolute Gasteiger partial charge is 0.252 e. The first-order valence-electron chi connectivity index (χ1n) is 6.44. The molecular formula is C14H19N3O2. The van der Waals surface area contributed by atoms with Gasteiger partial charge in [-0.15, -0.1) is 0 Å². The monoisotopic (exact) mass is 261 g/mol. The van der Waals surface area contributed by atoms with Crippen molar-refractivity contribution >= 4 is 17.5 Å². The lowest BCUT2D eigenvalue weighted by molar-refractivity contribution is -0.122. The zero-order valence-corrected chi connectivity index (χ0v) is 11.2. The minimum Gasteiger partial charge on any atom is -0.399 e. The molecule has 0 aliphatic heterocycles. The quantitative estimate of drug-likeness (QED) is 0.706. The molecular weight excluding hydrogens is 242 g/mol. The third kappa shape index (κ3) is 3.47. The number of aryl methyl sites for hydroxylation is 1. The second kappa shape index (κ2) is 5.30. The van der Waals surface area contributed by atoms with Crippen molar-refractivity contribution in [2.24, 2.45) is 0 Å². The van der Waals surface area contributed by atoms with Gasteiger partial charge in [0.15, 0.2) is 0 Å². The summed E-state index contributed by atoms with van der Waals surface area (Å²) in [5.74, 6) is -0.389. The van der Waals surface area contributed by atoms with Crippen LogP contribution in [-0.4, -0.2) is 23.9 Å². The highest BCUT2D eigenvalue weighted by molar-refractivity contribution is 5.98. The van der Waals surface area contributed by atoms with Crippen LogP contribution in [0, 0.1) is 6.92 Å². The minimum absolute atomic E-state index is 0.135. The van der Waals surface area contributed by atoms with Crippen molar-refractivity contribution in [1.29, 1.82) is 0 Å². The Morgan fingerprint density at radius 1 is 1.37 bits per heavy atom. The van der Waals surface area contributed by atoms with Gasteiger partial charge in [-0.05, 0) is 50.5 Å². The Morgan fingerprint density at radius 2 is 2.05 bits per heavy atom. The normalized spacial score (nSPS) is 15.7. The Kier molecular flexibility index (Phi) is 3.74. The van der Waals surface area contributed by atoms with Crippen LogP contribution in [0.3, 0.4) is 0 Å². The molecule has 1 aliphatic rings. The predicted octanol–water partition coefficient (Wildman–Crippen LogP) is 0.974. The number of carbonyl (C=O) groups excluding carboxylic acids is 2. The standard InChI is InChI=1S/C14H19N3O2/c1-8-7-10(15)3-6-12(8)14(19)16-9(2)13(18)17-11-4-5-11/h3,6-7,9,11H,4-5,15H2,1-2H3,(H,16,19)(H,17,18). The van der Waals surface area contributed by atoms with E-state index in [2.05, 4.69) is 10.6 Å². The van der Waals surface area contributed by atoms with Crippen LogP contribution in [0.5, 0.6) is 0 Å². The molecule has 2 amide bonds. The van der Waals surface area contributed by atoms with Crippen LogP contribution in [0.15, 0.2) is 18.2 Å². The highest BCUT2D eigenvalue weighted by atomic mass is 16.2. The number of nitrogen functional groups attached to an aromatic ring is 1. The van der Waals surface area contributed by atoms with Crippen LogP contribution in [0.4, 0.5) is 5.69 Å². The van der Waals surface area contributed by atoms with E-state index in [-0.39, 0.29) is 11.8 Å². The van der Waals surface area contributed by atoms with Crippen LogP contribution >= 0.6 is 0 Å². The topological polar surface area (TPSA) is 84.2 Å². The third-order valence-electron chi connectivity index (χ3n) is 3.16. The van der Waals surface area contributed by atoms with Gasteiger partial charge in [-0.25, -0.2) is 0 Å². The molecule has 19 heavy (non-hydrogen) atoms. The zero-order valence-electron chi connectivity index (χ0n) is 11.2. The van der Waals surface area contributed by atoms with Crippen molar-refractivity contribution in [2.75, 3.05) is 5.73 Å². The molecule has 1 aromatic carbocycles. The molecule has 0 saturated heterocycles. The minimum atomic E-state index is -0.537. The summed E-state index contributed by atoms with van der Waals surface area (Å²) in [6.07, 6.45) is 2.06. The number of carbonyl (C=O) groups is 2. The molecule has 0 spiro atoms. The van der Waals surface area contributed by atoms with E-state index >= 15 is 0 Å². The van der Waals surface area contributed by atoms with E-state index in [9.17, 15) is 9.59 Å². The molecule has 1 saturated carbocycles. The molecule has 102 valence electrons. The average molecular weight is 261 g/mol. The van der Waals surface area contributed by atoms with Crippen molar-refractivity contribution in [2.45, 2.75) is 38.8 Å². The first kappa shape index (κ1) is 13.4. The first-order valence-corrected chi connectivity index (χ1v) is 6.44. The van der Waals surface area contributed by atoms with Gasteiger partial charge in [-0.2, -0.15) is 0 Å². The fourth-order valence-corrected chi connectivity index (χ4v) is 1.84. The molecule has 2 rings (SSSR count). The fraction of sp³-hybridized carbons (Fsp3) is 0.429. The molecule has 1 unspecified atom stereocenters. The Labute approximate surface area is 112 Å². The van der Waals surface area contributed by atoms with Crippen molar-refractivity contribution in [3.63, 3.8) is 0 Å². The first-order chi connectivity index (χ1) is 8.97. The average Bonchev–Trinajstić information content (AvgIpc) is 3.12. The van der Waals surface area contributed by atoms with Crippen molar-refractivity contribution in [3.8, 4) is 0 Å². The highest BCUT2D eigenvalue weighted by Gasteiger charge is 2.26. The summed E-state index contributed by atoms with van der Waals surface area (Å²) in [5.41, 5.74) is 7.60. The molecule has 1 aliphatic carbocycles. The molecule has 4 N–H and O–H groups in total.